The van der Waals surface area contributed by atoms with Crippen molar-refractivity contribution in [1.82, 2.24) is 14.8 Å². The molecule has 6 nitrogen and oxygen atoms in total. The number of rotatable bonds is 5. The van der Waals surface area contributed by atoms with Gasteiger partial charge in [0.2, 0.25) is 5.91 Å². The molecule has 0 saturated carbocycles. The number of piperidine rings is 1. The summed E-state index contributed by atoms with van der Waals surface area (Å²) in [4.78, 5) is 25.0. The van der Waals surface area contributed by atoms with Gasteiger partial charge in [0, 0.05) is 45.8 Å². The molecule has 1 atom stereocenters. The molecule has 32 heavy (non-hydrogen) atoms. The number of hydrogen-bond acceptors (Lipinski definition) is 6. The van der Waals surface area contributed by atoms with Crippen LogP contribution in [0.15, 0.2) is 48.5 Å². The number of anilines is 1. The van der Waals surface area contributed by atoms with E-state index >= 15 is 0 Å². The maximum atomic E-state index is 13.3. The monoisotopic (exact) mass is 450 g/mol. The zero-order valence-corrected chi connectivity index (χ0v) is 19.4. The predicted octanol–water partition coefficient (Wildman–Crippen LogP) is 3.87. The molecule has 3 heterocycles. The van der Waals surface area contributed by atoms with Gasteiger partial charge in [-0.1, -0.05) is 41.7 Å². The van der Waals surface area contributed by atoms with Crippen molar-refractivity contribution in [3.63, 3.8) is 0 Å². The van der Waals surface area contributed by atoms with E-state index in [2.05, 4.69) is 45.0 Å². The summed E-state index contributed by atoms with van der Waals surface area (Å²) in [6.07, 6.45) is 2.00. The first-order chi connectivity index (χ1) is 15.7. The first kappa shape index (κ1) is 21.2. The van der Waals surface area contributed by atoms with Gasteiger partial charge in [-0.05, 0) is 36.6 Å². The van der Waals surface area contributed by atoms with E-state index in [1.54, 1.807) is 18.4 Å². The van der Waals surface area contributed by atoms with Crippen LogP contribution in [0.5, 0.6) is 5.75 Å². The number of hydrogen-bond donors (Lipinski definition) is 0. The Morgan fingerprint density at radius 2 is 1.91 bits per heavy atom. The Balaban J connectivity index is 1.19. The molecule has 0 spiro atoms. The average Bonchev–Trinajstić information content (AvgIpc) is 3.28. The highest BCUT2D eigenvalue weighted by Crippen LogP contribution is 2.33. The van der Waals surface area contributed by atoms with Crippen molar-refractivity contribution in [2.24, 2.45) is 5.92 Å². The molecule has 0 aliphatic carbocycles. The topological polar surface area (TPSA) is 48.9 Å². The van der Waals surface area contributed by atoms with E-state index in [1.807, 2.05) is 18.2 Å². The van der Waals surface area contributed by atoms with Crippen LogP contribution in [0.1, 0.15) is 18.4 Å². The molecule has 1 unspecified atom stereocenters. The number of carbonyl (C=O) groups excluding carboxylic acids is 1. The third kappa shape index (κ3) is 4.59. The molecule has 5 rings (SSSR count). The fourth-order valence-electron chi connectivity index (χ4n) is 4.73. The molecule has 2 aromatic carbocycles. The van der Waals surface area contributed by atoms with Gasteiger partial charge < -0.3 is 14.5 Å². The second-order valence-corrected chi connectivity index (χ2v) is 9.71. The summed E-state index contributed by atoms with van der Waals surface area (Å²) in [7, 11) is 1.69. The number of amides is 1. The minimum absolute atomic E-state index is 0.0611. The number of piperazine rings is 1. The molecule has 0 bridgehead atoms. The number of ether oxygens (including phenoxy) is 1. The van der Waals surface area contributed by atoms with Gasteiger partial charge in [-0.15, -0.1) is 0 Å². The lowest BCUT2D eigenvalue weighted by molar-refractivity contribution is -0.137. The van der Waals surface area contributed by atoms with Gasteiger partial charge in [-0.25, -0.2) is 4.98 Å². The predicted molar refractivity (Wildman–Crippen MR) is 129 cm³/mol. The molecule has 2 saturated heterocycles. The van der Waals surface area contributed by atoms with Gasteiger partial charge in [0.05, 0.1) is 23.2 Å². The summed E-state index contributed by atoms with van der Waals surface area (Å²) in [5, 5.41) is 1.01. The smallest absolute Gasteiger partial charge is 0.227 e. The first-order valence-electron chi connectivity index (χ1n) is 11.4. The van der Waals surface area contributed by atoms with Crippen molar-refractivity contribution in [2.75, 3.05) is 51.3 Å². The zero-order chi connectivity index (χ0) is 21.9. The minimum Gasteiger partial charge on any atom is -0.497 e. The third-order valence-corrected chi connectivity index (χ3v) is 7.64. The van der Waals surface area contributed by atoms with Crippen LogP contribution >= 0.6 is 11.3 Å². The summed E-state index contributed by atoms with van der Waals surface area (Å²) >= 11 is 1.69. The van der Waals surface area contributed by atoms with Crippen molar-refractivity contribution in [3.05, 3.63) is 54.1 Å². The van der Waals surface area contributed by atoms with Crippen molar-refractivity contribution in [2.45, 2.75) is 19.4 Å². The van der Waals surface area contributed by atoms with Crippen LogP contribution in [0.25, 0.3) is 10.2 Å². The highest BCUT2D eigenvalue weighted by Gasteiger charge is 2.32. The van der Waals surface area contributed by atoms with Crippen LogP contribution in [0, 0.1) is 5.92 Å². The standard InChI is InChI=1S/C25H30N4O2S/c1-31-21-9-10-22-23(16-21)32-25(26-22)29-11-5-8-20(18-29)24(30)28-14-12-27(13-15-28)17-19-6-3-2-4-7-19/h2-4,6-7,9-10,16,20H,5,8,11-15,17-18H2,1H3. The van der Waals surface area contributed by atoms with Crippen molar-refractivity contribution in [1.29, 1.82) is 0 Å². The molecule has 7 heteroatoms. The maximum Gasteiger partial charge on any atom is 0.227 e. The Hall–Kier alpha value is -2.64. The maximum absolute atomic E-state index is 13.3. The van der Waals surface area contributed by atoms with Gasteiger partial charge in [0.1, 0.15) is 5.75 Å². The Bertz CT molecular complexity index is 1060. The number of carbonyl (C=O) groups is 1. The van der Waals surface area contributed by atoms with Crippen LogP contribution in [-0.2, 0) is 11.3 Å². The molecule has 1 aromatic heterocycles. The normalized spacial score (nSPS) is 20.0. The van der Waals surface area contributed by atoms with E-state index in [4.69, 9.17) is 9.72 Å². The quantitative estimate of drug-likeness (QED) is 0.591. The summed E-state index contributed by atoms with van der Waals surface area (Å²) in [6, 6.07) is 16.6. The van der Waals surface area contributed by atoms with Crippen LogP contribution in [0.3, 0.4) is 0 Å². The minimum atomic E-state index is 0.0611. The fraction of sp³-hybridized carbons (Fsp3) is 0.440. The number of nitrogens with zero attached hydrogens (tertiary/aromatic N) is 4. The average molecular weight is 451 g/mol. The van der Waals surface area contributed by atoms with Gasteiger partial charge in [0.25, 0.3) is 0 Å². The molecule has 2 aliphatic heterocycles. The van der Waals surface area contributed by atoms with Gasteiger partial charge in [-0.2, -0.15) is 0 Å². The summed E-state index contributed by atoms with van der Waals surface area (Å²) in [6.45, 7) is 6.22. The number of methoxy groups -OCH3 is 1. The largest absolute Gasteiger partial charge is 0.497 e. The molecular formula is C25H30N4O2S. The van der Waals surface area contributed by atoms with Crippen LogP contribution in [0.2, 0.25) is 0 Å². The van der Waals surface area contributed by atoms with Crippen molar-refractivity contribution in [3.8, 4) is 5.75 Å². The molecule has 2 aliphatic rings. The summed E-state index contributed by atoms with van der Waals surface area (Å²) in [5.41, 5.74) is 2.33. The van der Waals surface area contributed by atoms with Gasteiger partial charge in [-0.3, -0.25) is 9.69 Å². The molecule has 168 valence electrons. The molecular weight excluding hydrogens is 420 g/mol. The molecule has 2 fully saturated rings. The molecule has 1 amide bonds. The molecule has 0 N–H and O–H groups in total. The lowest BCUT2D eigenvalue weighted by Gasteiger charge is -2.39. The van der Waals surface area contributed by atoms with Gasteiger partial charge >= 0.3 is 0 Å². The van der Waals surface area contributed by atoms with E-state index in [0.29, 0.717) is 5.91 Å². The highest BCUT2D eigenvalue weighted by atomic mass is 32.1. The third-order valence-electron chi connectivity index (χ3n) is 6.56. The van der Waals surface area contributed by atoms with E-state index in [9.17, 15) is 4.79 Å². The fourth-order valence-corrected chi connectivity index (χ4v) is 5.76. The van der Waals surface area contributed by atoms with Gasteiger partial charge in [0.15, 0.2) is 5.13 Å². The second kappa shape index (κ2) is 9.46. The van der Waals surface area contributed by atoms with E-state index in [1.165, 1.54) is 5.56 Å². The SMILES string of the molecule is COc1ccc2nc(N3CCCC(C(=O)N4CCN(Cc5ccccc5)CC4)C3)sc2c1. The number of benzene rings is 2. The lowest BCUT2D eigenvalue weighted by atomic mass is 9.96. The van der Waals surface area contributed by atoms with Crippen LogP contribution in [-0.4, -0.2) is 67.1 Å². The lowest BCUT2D eigenvalue weighted by Crippen LogP contribution is -2.52. The Morgan fingerprint density at radius 1 is 1.09 bits per heavy atom. The van der Waals surface area contributed by atoms with Crippen LogP contribution < -0.4 is 9.64 Å². The Labute approximate surface area is 193 Å². The summed E-state index contributed by atoms with van der Waals surface area (Å²) < 4.78 is 6.47. The molecule has 3 aromatic rings. The first-order valence-corrected chi connectivity index (χ1v) is 12.3. The van der Waals surface area contributed by atoms with E-state index in [-0.39, 0.29) is 5.92 Å². The van der Waals surface area contributed by atoms with Crippen molar-refractivity contribution >= 4 is 32.6 Å². The van der Waals surface area contributed by atoms with E-state index in [0.717, 1.165) is 79.8 Å². The van der Waals surface area contributed by atoms with Crippen LogP contribution in [0.4, 0.5) is 5.13 Å². The number of thiazole rings is 1. The van der Waals surface area contributed by atoms with Crippen molar-refractivity contribution < 1.29 is 9.53 Å². The van der Waals surface area contributed by atoms with E-state index < -0.39 is 0 Å². The highest BCUT2D eigenvalue weighted by molar-refractivity contribution is 7.22. The Morgan fingerprint density at radius 3 is 2.69 bits per heavy atom. The zero-order valence-electron chi connectivity index (χ0n) is 18.6. The number of fused-ring (bicyclic) bond motifs is 1. The molecule has 0 radical (unpaired) electrons. The Kier molecular flexibility index (Phi) is 6.28. The second-order valence-electron chi connectivity index (χ2n) is 8.70. The summed E-state index contributed by atoms with van der Waals surface area (Å²) in [5.74, 6) is 1.23. The number of aromatic nitrogens is 1.